The zero-order valence-electron chi connectivity index (χ0n) is 22.9. The van der Waals surface area contributed by atoms with Crippen LogP contribution < -0.4 is 5.32 Å². The number of amides is 2. The van der Waals surface area contributed by atoms with Gasteiger partial charge in [-0.15, -0.1) is 0 Å². The highest BCUT2D eigenvalue weighted by Gasteiger charge is 2.37. The first-order valence-electron chi connectivity index (χ1n) is 14.1. The molecule has 0 aromatic heterocycles. The Kier molecular flexibility index (Phi) is 10.2. The summed E-state index contributed by atoms with van der Waals surface area (Å²) in [4.78, 5) is 30.8. The Labute approximate surface area is 214 Å². The van der Waals surface area contributed by atoms with Crippen molar-refractivity contribution in [3.63, 3.8) is 0 Å². The standard InChI is InChI=1S/C30H49N3O2/c1-6-23(2)31-28(34)22-33-20-12-19-30(32(4)5,27-16-8-7-9-17-27)18-11-15-26(24(3)29(33)35)21-25-13-10-14-25/h7-9,16-17,23-26H,6,10-15,18-22H2,1-5H3,(H,31,34)/t23-,24?,26?,30+/m0/s1. The Hall–Kier alpha value is -1.88. The second kappa shape index (κ2) is 12.9. The van der Waals surface area contributed by atoms with Gasteiger partial charge in [-0.05, 0) is 76.9 Å². The van der Waals surface area contributed by atoms with Gasteiger partial charge < -0.3 is 10.2 Å². The molecule has 2 amide bonds. The van der Waals surface area contributed by atoms with Gasteiger partial charge in [-0.1, -0.05) is 69.9 Å². The van der Waals surface area contributed by atoms with E-state index in [1.807, 2.05) is 11.8 Å². The molecule has 5 nitrogen and oxygen atoms in total. The molecule has 1 aromatic carbocycles. The first-order valence-corrected chi connectivity index (χ1v) is 14.1. The molecule has 2 fully saturated rings. The van der Waals surface area contributed by atoms with Gasteiger partial charge in [-0.3, -0.25) is 14.5 Å². The van der Waals surface area contributed by atoms with Crippen LogP contribution in [0.15, 0.2) is 30.3 Å². The Morgan fingerprint density at radius 1 is 1.11 bits per heavy atom. The molecule has 0 bridgehead atoms. The molecule has 1 saturated heterocycles. The van der Waals surface area contributed by atoms with E-state index in [1.54, 1.807) is 0 Å². The average molecular weight is 484 g/mol. The SMILES string of the molecule is CC[C@H](C)NC(=O)CN1CCC[C@](c2ccccc2)(N(C)C)CCCC(CC2CCC2)C(C)C1=O. The van der Waals surface area contributed by atoms with Gasteiger partial charge in [-0.2, -0.15) is 0 Å². The number of nitrogens with one attached hydrogen (secondary N) is 1. The summed E-state index contributed by atoms with van der Waals surface area (Å²) in [7, 11) is 4.40. The quantitative estimate of drug-likeness (QED) is 0.524. The van der Waals surface area contributed by atoms with Crippen LogP contribution in [0.4, 0.5) is 0 Å². The maximum Gasteiger partial charge on any atom is 0.239 e. The number of hydrogen-bond acceptors (Lipinski definition) is 3. The normalized spacial score (nSPS) is 27.7. The Balaban J connectivity index is 1.87. The number of rotatable bonds is 8. The molecule has 0 spiro atoms. The Bertz CT molecular complexity index is 807. The van der Waals surface area contributed by atoms with Crippen LogP contribution in [0.25, 0.3) is 0 Å². The van der Waals surface area contributed by atoms with Crippen LogP contribution in [0.1, 0.15) is 90.5 Å². The van der Waals surface area contributed by atoms with Crippen LogP contribution in [-0.2, 0) is 15.1 Å². The summed E-state index contributed by atoms with van der Waals surface area (Å²) in [5.74, 6) is 1.27. The highest BCUT2D eigenvalue weighted by atomic mass is 16.2. The van der Waals surface area contributed by atoms with Gasteiger partial charge >= 0.3 is 0 Å². The van der Waals surface area contributed by atoms with Crippen molar-refractivity contribution in [2.45, 2.75) is 96.6 Å². The Morgan fingerprint density at radius 2 is 1.80 bits per heavy atom. The van der Waals surface area contributed by atoms with Crippen LogP contribution >= 0.6 is 0 Å². The lowest BCUT2D eigenvalue weighted by molar-refractivity contribution is -0.141. The summed E-state index contributed by atoms with van der Waals surface area (Å²) in [6, 6.07) is 11.0. The third-order valence-corrected chi connectivity index (χ3v) is 8.97. The summed E-state index contributed by atoms with van der Waals surface area (Å²) >= 11 is 0. The second-order valence-electron chi connectivity index (χ2n) is 11.5. The van der Waals surface area contributed by atoms with Gasteiger partial charge in [0.2, 0.25) is 11.8 Å². The zero-order chi connectivity index (χ0) is 25.4. The minimum absolute atomic E-state index is 0.0319. The summed E-state index contributed by atoms with van der Waals surface area (Å²) in [5, 5.41) is 3.07. The maximum atomic E-state index is 13.8. The summed E-state index contributed by atoms with van der Waals surface area (Å²) in [6.45, 7) is 7.02. The van der Waals surface area contributed by atoms with Crippen molar-refractivity contribution in [2.75, 3.05) is 27.2 Å². The minimum Gasteiger partial charge on any atom is -0.352 e. The molecule has 3 rings (SSSR count). The number of nitrogens with zero attached hydrogens (tertiary/aromatic N) is 2. The smallest absolute Gasteiger partial charge is 0.239 e. The fourth-order valence-electron chi connectivity index (χ4n) is 6.17. The summed E-state index contributed by atoms with van der Waals surface area (Å²) in [6.07, 6.45) is 11.2. The molecule has 2 aliphatic rings. The molecular weight excluding hydrogens is 434 g/mol. The van der Waals surface area contributed by atoms with E-state index in [9.17, 15) is 9.59 Å². The second-order valence-corrected chi connectivity index (χ2v) is 11.5. The Morgan fingerprint density at radius 3 is 2.40 bits per heavy atom. The third-order valence-electron chi connectivity index (χ3n) is 8.97. The molecule has 1 aliphatic heterocycles. The van der Waals surface area contributed by atoms with E-state index in [-0.39, 0.29) is 35.9 Å². The van der Waals surface area contributed by atoms with Gasteiger partial charge in [0, 0.05) is 24.0 Å². The van der Waals surface area contributed by atoms with Crippen molar-refractivity contribution in [3.05, 3.63) is 35.9 Å². The lowest BCUT2D eigenvalue weighted by Crippen LogP contribution is -2.47. The van der Waals surface area contributed by atoms with Crippen molar-refractivity contribution in [3.8, 4) is 0 Å². The minimum atomic E-state index is -0.0520. The molecule has 4 atom stereocenters. The van der Waals surface area contributed by atoms with Crippen molar-refractivity contribution >= 4 is 11.8 Å². The van der Waals surface area contributed by atoms with Gasteiger partial charge in [-0.25, -0.2) is 0 Å². The van der Waals surface area contributed by atoms with E-state index in [0.717, 1.165) is 50.9 Å². The molecule has 196 valence electrons. The van der Waals surface area contributed by atoms with Crippen LogP contribution in [-0.4, -0.2) is 54.8 Å². The predicted octanol–water partition coefficient (Wildman–Crippen LogP) is 5.59. The zero-order valence-corrected chi connectivity index (χ0v) is 22.9. The topological polar surface area (TPSA) is 52.7 Å². The van der Waals surface area contributed by atoms with Crippen LogP contribution in [0.5, 0.6) is 0 Å². The number of carbonyl (C=O) groups excluding carboxylic acids is 2. The van der Waals surface area contributed by atoms with Gasteiger partial charge in [0.05, 0.1) is 6.54 Å². The van der Waals surface area contributed by atoms with E-state index in [2.05, 4.69) is 68.5 Å². The van der Waals surface area contributed by atoms with Gasteiger partial charge in [0.15, 0.2) is 0 Å². The van der Waals surface area contributed by atoms with Crippen molar-refractivity contribution < 1.29 is 9.59 Å². The lowest BCUT2D eigenvalue weighted by Gasteiger charge is -2.41. The molecular formula is C30H49N3O2. The van der Waals surface area contributed by atoms with Gasteiger partial charge in [0.25, 0.3) is 0 Å². The molecule has 1 saturated carbocycles. The number of benzene rings is 1. The maximum absolute atomic E-state index is 13.8. The van der Waals surface area contributed by atoms with Crippen molar-refractivity contribution in [1.29, 1.82) is 0 Å². The molecule has 0 radical (unpaired) electrons. The van der Waals surface area contributed by atoms with E-state index >= 15 is 0 Å². The highest BCUT2D eigenvalue weighted by Crippen LogP contribution is 2.41. The first kappa shape index (κ1) is 27.7. The van der Waals surface area contributed by atoms with Gasteiger partial charge in [0.1, 0.15) is 0 Å². The van der Waals surface area contributed by atoms with Crippen LogP contribution in [0.3, 0.4) is 0 Å². The number of carbonyl (C=O) groups is 2. The largest absolute Gasteiger partial charge is 0.352 e. The van der Waals surface area contributed by atoms with Crippen molar-refractivity contribution in [1.82, 2.24) is 15.1 Å². The summed E-state index contributed by atoms with van der Waals surface area (Å²) in [5.41, 5.74) is 1.31. The van der Waals surface area contributed by atoms with E-state index in [1.165, 1.54) is 24.8 Å². The third kappa shape index (κ3) is 7.09. The van der Waals surface area contributed by atoms with E-state index in [0.29, 0.717) is 12.5 Å². The molecule has 5 heteroatoms. The molecule has 1 N–H and O–H groups in total. The summed E-state index contributed by atoms with van der Waals surface area (Å²) < 4.78 is 0. The monoisotopic (exact) mass is 483 g/mol. The molecule has 1 aliphatic carbocycles. The average Bonchev–Trinajstić information content (AvgIpc) is 2.83. The van der Waals surface area contributed by atoms with E-state index < -0.39 is 0 Å². The van der Waals surface area contributed by atoms with E-state index in [4.69, 9.17) is 0 Å². The van der Waals surface area contributed by atoms with Crippen molar-refractivity contribution in [2.24, 2.45) is 17.8 Å². The molecule has 1 aromatic rings. The molecule has 2 unspecified atom stereocenters. The fourth-order valence-corrected chi connectivity index (χ4v) is 6.17. The first-order chi connectivity index (χ1) is 16.8. The predicted molar refractivity (Wildman–Crippen MR) is 144 cm³/mol. The van der Waals surface area contributed by atoms with Crippen LogP contribution in [0, 0.1) is 17.8 Å². The molecule has 35 heavy (non-hydrogen) atoms. The lowest BCUT2D eigenvalue weighted by atomic mass is 9.73. The van der Waals surface area contributed by atoms with Crippen LogP contribution in [0.2, 0.25) is 0 Å². The molecule has 1 heterocycles. The number of hydrogen-bond donors (Lipinski definition) is 1. The highest BCUT2D eigenvalue weighted by molar-refractivity contribution is 5.86. The fraction of sp³-hybridized carbons (Fsp3) is 0.733.